The molecule has 2 aromatic heterocycles. The lowest BCUT2D eigenvalue weighted by Crippen LogP contribution is -2.72. The van der Waals surface area contributed by atoms with Crippen LogP contribution in [0.1, 0.15) is 31.5 Å². The van der Waals surface area contributed by atoms with E-state index in [0.29, 0.717) is 17.9 Å². The molecule has 0 spiro atoms. The van der Waals surface area contributed by atoms with Crippen LogP contribution in [0, 0.1) is 0 Å². The minimum atomic E-state index is -1.94. The fraction of sp³-hybridized carbons (Fsp3) is 0.500. The Balaban J connectivity index is 1.55. The summed E-state index contributed by atoms with van der Waals surface area (Å²) in [7, 11) is 2.22. The summed E-state index contributed by atoms with van der Waals surface area (Å²) in [4.78, 5) is 28.0. The Kier molecular flexibility index (Phi) is 7.51. The van der Waals surface area contributed by atoms with Crippen LogP contribution in [0.15, 0.2) is 35.2 Å². The van der Waals surface area contributed by atoms with Crippen molar-refractivity contribution in [2.24, 2.45) is 0 Å². The van der Waals surface area contributed by atoms with E-state index in [2.05, 4.69) is 54.6 Å². The molecule has 1 fully saturated rings. The SMILES string of the molecule is [B]n1nnc(C2=C(/C=C\CO[Si](C)(C)C(C)(C)C)CS(=O)[C@@H]3[C@H](NC(=O)Cc4cccs4)C(=O)N23)n1. The minimum Gasteiger partial charge on any atom is -0.413 e. The fourth-order valence-corrected chi connectivity index (χ4v) is 7.02. The van der Waals surface area contributed by atoms with E-state index in [0.717, 1.165) is 9.58 Å². The summed E-state index contributed by atoms with van der Waals surface area (Å²) in [5.74, 6) is -0.353. The average Bonchev–Trinajstić information content (AvgIpc) is 3.45. The number of fused-ring (bicyclic) bond motifs is 1. The van der Waals surface area contributed by atoms with Crippen LogP contribution < -0.4 is 5.32 Å². The van der Waals surface area contributed by atoms with Gasteiger partial charge in [-0.2, -0.15) is 0 Å². The molecule has 14 heteroatoms. The van der Waals surface area contributed by atoms with Gasteiger partial charge in [0.15, 0.2) is 8.32 Å². The summed E-state index contributed by atoms with van der Waals surface area (Å²) in [5, 5.41) is 15.7. The van der Waals surface area contributed by atoms with Gasteiger partial charge in [-0.15, -0.1) is 21.5 Å². The number of allylic oxidation sites excluding steroid dienone is 1. The van der Waals surface area contributed by atoms with Crippen molar-refractivity contribution >= 4 is 55.9 Å². The first-order valence-electron chi connectivity index (χ1n) is 11.5. The van der Waals surface area contributed by atoms with Crippen molar-refractivity contribution in [3.05, 3.63) is 45.9 Å². The van der Waals surface area contributed by atoms with Crippen LogP contribution in [-0.4, -0.2) is 81.1 Å². The van der Waals surface area contributed by atoms with Gasteiger partial charge in [0.25, 0.3) is 13.9 Å². The second kappa shape index (κ2) is 10.2. The number of nitrogens with zero attached hydrogens (tertiary/aromatic N) is 5. The number of rotatable bonds is 8. The highest BCUT2D eigenvalue weighted by Gasteiger charge is 2.56. The Hall–Kier alpha value is -2.42. The maximum Gasteiger partial charge on any atom is 0.298 e. The first-order valence-corrected chi connectivity index (χ1v) is 16.7. The van der Waals surface area contributed by atoms with E-state index in [1.165, 1.54) is 16.2 Å². The molecule has 1 unspecified atom stereocenters. The van der Waals surface area contributed by atoms with Gasteiger partial charge in [0, 0.05) is 4.88 Å². The smallest absolute Gasteiger partial charge is 0.298 e. The van der Waals surface area contributed by atoms with Crippen LogP contribution in [0.4, 0.5) is 0 Å². The van der Waals surface area contributed by atoms with E-state index < -0.39 is 30.5 Å². The number of thiophene rings is 1. The molecule has 0 saturated carbocycles. The van der Waals surface area contributed by atoms with Gasteiger partial charge in [-0.1, -0.05) is 44.2 Å². The molecule has 2 aliphatic heterocycles. The second-order valence-corrected chi connectivity index (χ2v) is 17.6. The maximum absolute atomic E-state index is 13.2. The highest BCUT2D eigenvalue weighted by atomic mass is 32.2. The number of carbonyl (C=O) groups excluding carboxylic acids is 2. The average molecular weight is 545 g/mol. The second-order valence-electron chi connectivity index (χ2n) is 10.2. The molecule has 10 nitrogen and oxygen atoms in total. The van der Waals surface area contributed by atoms with Crippen molar-refractivity contribution in [2.75, 3.05) is 12.4 Å². The standard InChI is InChI=1S/C22H29BN6O4S2Si/c1-22(2,3)36(4,5)33-10-6-8-14-13-35(32)21-17(24-16(30)12-15-9-7-11-34-15)20(31)28(21)18(14)19-25-27-29(23)26-19/h6-9,11,17,21H,10,12-13H2,1-5H3,(H,24,30)/b8-6-/t17-,21-,35?/m1/s1. The molecule has 3 atom stereocenters. The van der Waals surface area contributed by atoms with Crippen molar-refractivity contribution < 1.29 is 18.2 Å². The lowest BCUT2D eigenvalue weighted by Gasteiger charge is -2.49. The maximum atomic E-state index is 13.2. The Morgan fingerprint density at radius 3 is 2.78 bits per heavy atom. The Morgan fingerprint density at radius 1 is 1.42 bits per heavy atom. The van der Waals surface area contributed by atoms with Gasteiger partial charge in [0.1, 0.15) is 11.4 Å². The third-order valence-electron chi connectivity index (χ3n) is 6.69. The van der Waals surface area contributed by atoms with Crippen molar-refractivity contribution in [2.45, 2.75) is 56.7 Å². The number of carbonyl (C=O) groups is 2. The summed E-state index contributed by atoms with van der Waals surface area (Å²) in [5.41, 5.74) is 1.02. The molecule has 1 saturated heterocycles. The number of hydrogen-bond donors (Lipinski definition) is 1. The first kappa shape index (κ1) is 26.6. The van der Waals surface area contributed by atoms with Gasteiger partial charge in [0.2, 0.25) is 11.7 Å². The van der Waals surface area contributed by atoms with Crippen LogP contribution in [0.3, 0.4) is 0 Å². The number of nitrogens with one attached hydrogen (secondary N) is 1. The molecule has 0 aromatic carbocycles. The first-order chi connectivity index (χ1) is 16.9. The topological polar surface area (TPSA) is 119 Å². The third-order valence-corrected chi connectivity index (χ3v) is 13.7. The van der Waals surface area contributed by atoms with Gasteiger partial charge in [-0.25, -0.2) is 4.71 Å². The van der Waals surface area contributed by atoms with Crippen LogP contribution in [0.2, 0.25) is 18.1 Å². The van der Waals surface area contributed by atoms with Gasteiger partial charge in [-0.3, -0.25) is 18.7 Å². The molecular weight excluding hydrogens is 515 g/mol. The number of hydrogen-bond acceptors (Lipinski definition) is 8. The molecule has 4 heterocycles. The molecule has 0 aliphatic carbocycles. The predicted molar refractivity (Wildman–Crippen MR) is 142 cm³/mol. The Bertz CT molecular complexity index is 1240. The molecule has 1 N–H and O–H groups in total. The molecule has 36 heavy (non-hydrogen) atoms. The molecule has 2 aliphatic rings. The molecule has 0 bridgehead atoms. The predicted octanol–water partition coefficient (Wildman–Crippen LogP) is 1.61. The quantitative estimate of drug-likeness (QED) is 0.396. The van der Waals surface area contributed by atoms with Crippen LogP contribution >= 0.6 is 11.3 Å². The van der Waals surface area contributed by atoms with Crippen molar-refractivity contribution in [1.82, 2.24) is 30.3 Å². The van der Waals surface area contributed by atoms with Gasteiger partial charge < -0.3 is 9.74 Å². The van der Waals surface area contributed by atoms with E-state index in [1.54, 1.807) is 6.08 Å². The van der Waals surface area contributed by atoms with Crippen molar-refractivity contribution in [1.29, 1.82) is 0 Å². The summed E-state index contributed by atoms with van der Waals surface area (Å²) in [6.07, 6.45) is 3.81. The number of tetrazole rings is 1. The fourth-order valence-electron chi connectivity index (χ4n) is 3.72. The Labute approximate surface area is 219 Å². The highest BCUT2D eigenvalue weighted by Crippen LogP contribution is 2.39. The van der Waals surface area contributed by atoms with Gasteiger partial charge in [0.05, 0.1) is 35.3 Å². The van der Waals surface area contributed by atoms with E-state index in [9.17, 15) is 13.8 Å². The summed E-state index contributed by atoms with van der Waals surface area (Å²) in [6.45, 7) is 11.2. The van der Waals surface area contributed by atoms with Crippen molar-refractivity contribution in [3.63, 3.8) is 0 Å². The lowest BCUT2D eigenvalue weighted by atomic mass is 10.0. The van der Waals surface area contributed by atoms with E-state index in [1.807, 2.05) is 23.6 Å². The lowest BCUT2D eigenvalue weighted by molar-refractivity contribution is -0.144. The molecule has 4 rings (SSSR count). The van der Waals surface area contributed by atoms with Gasteiger partial charge in [-0.05, 0) is 35.2 Å². The summed E-state index contributed by atoms with van der Waals surface area (Å²) in [6, 6.07) is 2.84. The minimum absolute atomic E-state index is 0.0708. The normalized spacial score (nSPS) is 22.6. The summed E-state index contributed by atoms with van der Waals surface area (Å²) >= 11 is 1.46. The Morgan fingerprint density at radius 2 is 2.17 bits per heavy atom. The van der Waals surface area contributed by atoms with Crippen LogP contribution in [-0.2, 0) is 31.2 Å². The monoisotopic (exact) mass is 544 g/mol. The van der Waals surface area contributed by atoms with Crippen molar-refractivity contribution in [3.8, 4) is 0 Å². The zero-order valence-corrected chi connectivity index (χ0v) is 23.6. The molecule has 2 aromatic rings. The van der Waals surface area contributed by atoms with Crippen LogP contribution in [0.5, 0.6) is 0 Å². The summed E-state index contributed by atoms with van der Waals surface area (Å²) < 4.78 is 20.2. The van der Waals surface area contributed by atoms with Gasteiger partial charge >= 0.3 is 0 Å². The molecule has 2 amide bonds. The zero-order chi connectivity index (χ0) is 26.3. The largest absolute Gasteiger partial charge is 0.413 e. The highest BCUT2D eigenvalue weighted by molar-refractivity contribution is 7.86. The van der Waals surface area contributed by atoms with E-state index in [4.69, 9.17) is 12.4 Å². The third kappa shape index (κ3) is 5.31. The number of amides is 2. The number of aromatic nitrogens is 4. The molecular formula is C22H29BN6O4S2Si. The molecule has 2 radical (unpaired) electrons. The number of β-lactam (4-membered cyclic amide) rings is 1. The molecule has 190 valence electrons. The van der Waals surface area contributed by atoms with E-state index in [-0.39, 0.29) is 34.9 Å². The zero-order valence-electron chi connectivity index (χ0n) is 20.9. The van der Waals surface area contributed by atoms with Crippen LogP contribution in [0.25, 0.3) is 5.70 Å². The van der Waals surface area contributed by atoms with E-state index >= 15 is 0 Å².